The van der Waals surface area contributed by atoms with Gasteiger partial charge in [-0.3, -0.25) is 0 Å². The van der Waals surface area contributed by atoms with Crippen molar-refractivity contribution in [1.29, 1.82) is 0 Å². The predicted octanol–water partition coefficient (Wildman–Crippen LogP) is 2.23. The Morgan fingerprint density at radius 2 is 2.12 bits per heavy atom. The number of para-hydroxylation sites is 1. The van der Waals surface area contributed by atoms with Crippen molar-refractivity contribution in [2.45, 2.75) is 25.8 Å². The van der Waals surface area contributed by atoms with E-state index in [1.807, 2.05) is 13.0 Å². The van der Waals surface area contributed by atoms with Gasteiger partial charge in [-0.05, 0) is 18.6 Å². The summed E-state index contributed by atoms with van der Waals surface area (Å²) in [4.78, 5) is 11.9. The van der Waals surface area contributed by atoms with Gasteiger partial charge in [0, 0.05) is 12.5 Å². The summed E-state index contributed by atoms with van der Waals surface area (Å²) >= 11 is 4.81. The molecule has 1 aromatic carbocycles. The van der Waals surface area contributed by atoms with Crippen LogP contribution in [-0.2, 0) is 0 Å². The first-order valence-electron chi connectivity index (χ1n) is 5.43. The molecule has 92 valence electrons. The Labute approximate surface area is 106 Å². The third-order valence-corrected chi connectivity index (χ3v) is 2.38. The van der Waals surface area contributed by atoms with E-state index in [4.69, 9.17) is 22.7 Å². The van der Waals surface area contributed by atoms with Gasteiger partial charge >= 0.3 is 6.09 Å². The molecule has 0 heterocycles. The van der Waals surface area contributed by atoms with Gasteiger partial charge in [-0.1, -0.05) is 37.3 Å². The van der Waals surface area contributed by atoms with Crippen LogP contribution in [-0.4, -0.2) is 17.1 Å². The van der Waals surface area contributed by atoms with Gasteiger partial charge in [0.25, 0.3) is 0 Å². The Morgan fingerprint density at radius 1 is 1.47 bits per heavy atom. The minimum absolute atomic E-state index is 0.0799. The van der Waals surface area contributed by atoms with Gasteiger partial charge in [0.15, 0.2) is 0 Å². The molecule has 1 unspecified atom stereocenters. The van der Waals surface area contributed by atoms with E-state index in [0.29, 0.717) is 17.2 Å². The van der Waals surface area contributed by atoms with Crippen LogP contribution in [0.25, 0.3) is 0 Å². The first kappa shape index (κ1) is 13.4. The molecule has 0 aromatic heterocycles. The van der Waals surface area contributed by atoms with E-state index in [0.717, 1.165) is 6.42 Å². The molecule has 0 aliphatic rings. The van der Waals surface area contributed by atoms with Crippen molar-refractivity contribution in [3.63, 3.8) is 0 Å². The van der Waals surface area contributed by atoms with Gasteiger partial charge in [0.1, 0.15) is 5.75 Å². The molecule has 5 heteroatoms. The highest BCUT2D eigenvalue weighted by molar-refractivity contribution is 7.80. The predicted molar refractivity (Wildman–Crippen MR) is 71.1 cm³/mol. The van der Waals surface area contributed by atoms with Crippen LogP contribution >= 0.6 is 12.2 Å². The quantitative estimate of drug-likeness (QED) is 0.789. The van der Waals surface area contributed by atoms with Crippen molar-refractivity contribution in [3.8, 4) is 5.75 Å². The molecule has 0 fully saturated rings. The Hall–Kier alpha value is -1.62. The number of amides is 1. The summed E-state index contributed by atoms with van der Waals surface area (Å²) < 4.78 is 5.09. The first-order valence-corrected chi connectivity index (χ1v) is 5.84. The SMILES string of the molecule is CCC(CC(N)=S)NC(=O)Oc1ccccc1. The van der Waals surface area contributed by atoms with Crippen molar-refractivity contribution >= 4 is 23.3 Å². The van der Waals surface area contributed by atoms with Gasteiger partial charge in [-0.15, -0.1) is 0 Å². The smallest absolute Gasteiger partial charge is 0.410 e. The zero-order valence-electron chi connectivity index (χ0n) is 9.68. The molecular weight excluding hydrogens is 236 g/mol. The second-order valence-corrected chi connectivity index (χ2v) is 4.15. The normalized spacial score (nSPS) is 11.6. The number of hydrogen-bond donors (Lipinski definition) is 2. The highest BCUT2D eigenvalue weighted by Gasteiger charge is 2.12. The summed E-state index contributed by atoms with van der Waals surface area (Å²) in [5.41, 5.74) is 5.44. The highest BCUT2D eigenvalue weighted by Crippen LogP contribution is 2.08. The second kappa shape index (κ2) is 6.85. The lowest BCUT2D eigenvalue weighted by Crippen LogP contribution is -2.38. The maximum absolute atomic E-state index is 11.5. The molecule has 1 amide bonds. The maximum Gasteiger partial charge on any atom is 0.412 e. The fourth-order valence-electron chi connectivity index (χ4n) is 1.33. The molecule has 1 rings (SSSR count). The molecule has 0 saturated heterocycles. The van der Waals surface area contributed by atoms with Gasteiger partial charge < -0.3 is 15.8 Å². The summed E-state index contributed by atoms with van der Waals surface area (Å²) in [6.07, 6.45) is 0.746. The minimum atomic E-state index is -0.487. The van der Waals surface area contributed by atoms with Crippen LogP contribution in [0.1, 0.15) is 19.8 Å². The molecule has 4 nitrogen and oxygen atoms in total. The molecule has 3 N–H and O–H groups in total. The van der Waals surface area contributed by atoms with E-state index >= 15 is 0 Å². The summed E-state index contributed by atoms with van der Waals surface area (Å²) in [7, 11) is 0. The lowest BCUT2D eigenvalue weighted by atomic mass is 10.1. The van der Waals surface area contributed by atoms with E-state index in [9.17, 15) is 4.79 Å². The van der Waals surface area contributed by atoms with Gasteiger partial charge in [-0.2, -0.15) is 0 Å². The van der Waals surface area contributed by atoms with Crippen LogP contribution in [0.2, 0.25) is 0 Å². The number of ether oxygens (including phenoxy) is 1. The highest BCUT2D eigenvalue weighted by atomic mass is 32.1. The van der Waals surface area contributed by atoms with Crippen molar-refractivity contribution in [2.75, 3.05) is 0 Å². The Kier molecular flexibility index (Phi) is 5.42. The molecule has 1 atom stereocenters. The van der Waals surface area contributed by atoms with Crippen molar-refractivity contribution in [1.82, 2.24) is 5.32 Å². The zero-order valence-corrected chi connectivity index (χ0v) is 10.5. The van der Waals surface area contributed by atoms with Gasteiger partial charge in [0.2, 0.25) is 0 Å². The standard InChI is InChI=1S/C12H16N2O2S/c1-2-9(8-11(13)17)14-12(15)16-10-6-4-3-5-7-10/h3-7,9H,2,8H2,1H3,(H2,13,17)(H,14,15). The molecule has 0 saturated carbocycles. The van der Waals surface area contributed by atoms with E-state index in [1.54, 1.807) is 24.3 Å². The number of carbonyl (C=O) groups is 1. The Balaban J connectivity index is 2.45. The lowest BCUT2D eigenvalue weighted by Gasteiger charge is -2.15. The average Bonchev–Trinajstić information content (AvgIpc) is 2.28. The van der Waals surface area contributed by atoms with Crippen LogP contribution in [0.3, 0.4) is 0 Å². The zero-order chi connectivity index (χ0) is 12.7. The molecule has 0 spiro atoms. The average molecular weight is 252 g/mol. The summed E-state index contributed by atoms with van der Waals surface area (Å²) in [6.45, 7) is 1.95. The number of carbonyl (C=O) groups excluding carboxylic acids is 1. The van der Waals surface area contributed by atoms with Crippen LogP contribution in [0.15, 0.2) is 30.3 Å². The van der Waals surface area contributed by atoms with Crippen molar-refractivity contribution in [2.24, 2.45) is 5.73 Å². The lowest BCUT2D eigenvalue weighted by molar-refractivity contribution is 0.196. The molecule has 0 bridgehead atoms. The number of nitrogens with one attached hydrogen (secondary N) is 1. The van der Waals surface area contributed by atoms with Crippen LogP contribution in [0.4, 0.5) is 4.79 Å². The molecule has 1 aromatic rings. The molecular formula is C12H16N2O2S. The fraction of sp³-hybridized carbons (Fsp3) is 0.333. The topological polar surface area (TPSA) is 64.3 Å². The Morgan fingerprint density at radius 3 is 2.65 bits per heavy atom. The number of hydrogen-bond acceptors (Lipinski definition) is 3. The van der Waals surface area contributed by atoms with Gasteiger partial charge in [0.05, 0.1) is 4.99 Å². The van der Waals surface area contributed by atoms with Crippen LogP contribution in [0, 0.1) is 0 Å². The molecule has 0 aliphatic heterocycles. The second-order valence-electron chi connectivity index (χ2n) is 3.62. The van der Waals surface area contributed by atoms with Crippen molar-refractivity contribution < 1.29 is 9.53 Å². The summed E-state index contributed by atoms with van der Waals surface area (Å²) in [5, 5.41) is 2.72. The first-order chi connectivity index (χ1) is 8.11. The largest absolute Gasteiger partial charge is 0.412 e. The maximum atomic E-state index is 11.5. The number of benzene rings is 1. The number of rotatable bonds is 5. The van der Waals surface area contributed by atoms with Crippen LogP contribution in [0.5, 0.6) is 5.75 Å². The van der Waals surface area contributed by atoms with Crippen LogP contribution < -0.4 is 15.8 Å². The van der Waals surface area contributed by atoms with E-state index in [1.165, 1.54) is 0 Å². The number of nitrogens with two attached hydrogens (primary N) is 1. The number of thiocarbonyl (C=S) groups is 1. The monoisotopic (exact) mass is 252 g/mol. The fourth-order valence-corrected chi connectivity index (χ4v) is 1.53. The van der Waals surface area contributed by atoms with E-state index in [-0.39, 0.29) is 6.04 Å². The molecule has 17 heavy (non-hydrogen) atoms. The Bertz CT molecular complexity index is 381. The summed E-state index contributed by atoms with van der Waals surface area (Å²) in [6, 6.07) is 8.81. The minimum Gasteiger partial charge on any atom is -0.410 e. The van der Waals surface area contributed by atoms with Gasteiger partial charge in [-0.25, -0.2) is 4.79 Å². The third kappa shape index (κ3) is 5.31. The van der Waals surface area contributed by atoms with E-state index < -0.39 is 6.09 Å². The molecule has 0 radical (unpaired) electrons. The van der Waals surface area contributed by atoms with Crippen molar-refractivity contribution in [3.05, 3.63) is 30.3 Å². The molecule has 0 aliphatic carbocycles. The summed E-state index contributed by atoms with van der Waals surface area (Å²) in [5.74, 6) is 0.509. The van der Waals surface area contributed by atoms with E-state index in [2.05, 4.69) is 5.32 Å². The third-order valence-electron chi connectivity index (χ3n) is 2.22.